The zero-order chi connectivity index (χ0) is 15.1. The molecule has 6 aliphatic rings. The van der Waals surface area contributed by atoms with Crippen LogP contribution in [0.5, 0.6) is 0 Å². The van der Waals surface area contributed by atoms with Gasteiger partial charge < -0.3 is 0 Å². The van der Waals surface area contributed by atoms with Crippen molar-refractivity contribution in [1.29, 1.82) is 0 Å². The minimum atomic E-state index is 0.666. The van der Waals surface area contributed by atoms with Crippen LogP contribution in [0.2, 0.25) is 0 Å². The molecule has 0 nitrogen and oxygen atoms in total. The third-order valence-electron chi connectivity index (χ3n) is 7.92. The Kier molecular flexibility index (Phi) is 2.73. The lowest BCUT2D eigenvalue weighted by Gasteiger charge is -2.60. The number of allylic oxidation sites excluding steroid dienone is 6. The normalized spacial score (nSPS) is 48.5. The fourth-order valence-electron chi connectivity index (χ4n) is 7.84. The first kappa shape index (κ1) is 13.6. The van der Waals surface area contributed by atoms with Crippen molar-refractivity contribution < 1.29 is 0 Å². The van der Waals surface area contributed by atoms with Crippen LogP contribution in [-0.4, -0.2) is 0 Å². The fourth-order valence-corrected chi connectivity index (χ4v) is 7.84. The van der Waals surface area contributed by atoms with Gasteiger partial charge in [-0.05, 0) is 97.5 Å². The number of fused-ring (bicyclic) bond motifs is 1. The Balaban J connectivity index is 1.60. The molecule has 6 rings (SSSR count). The molecule has 4 saturated carbocycles. The predicted octanol–water partition coefficient (Wildman–Crippen LogP) is 5.92. The summed E-state index contributed by atoms with van der Waals surface area (Å²) in [4.78, 5) is 0. The highest BCUT2D eigenvalue weighted by Gasteiger charge is 2.58. The highest BCUT2D eigenvalue weighted by molar-refractivity contribution is 5.58. The monoisotopic (exact) mass is 294 g/mol. The van der Waals surface area contributed by atoms with E-state index in [0.29, 0.717) is 5.41 Å². The molecule has 0 N–H and O–H groups in total. The molecule has 4 bridgehead atoms. The van der Waals surface area contributed by atoms with Gasteiger partial charge in [0.05, 0.1) is 0 Å². The van der Waals surface area contributed by atoms with Crippen LogP contribution >= 0.6 is 0 Å². The van der Waals surface area contributed by atoms with E-state index in [1.54, 1.807) is 55.2 Å². The van der Waals surface area contributed by atoms with Gasteiger partial charge in [0.2, 0.25) is 0 Å². The summed E-state index contributed by atoms with van der Waals surface area (Å²) in [5.41, 5.74) is 5.73. The maximum absolute atomic E-state index is 2.48. The maximum atomic E-state index is 2.48. The van der Waals surface area contributed by atoms with Crippen LogP contribution in [0.1, 0.15) is 59.3 Å². The lowest BCUT2D eigenvalue weighted by atomic mass is 9.44. The average molecular weight is 294 g/mol. The molecule has 0 radical (unpaired) electrons. The minimum absolute atomic E-state index is 0.666. The first-order valence-corrected chi connectivity index (χ1v) is 9.67. The quantitative estimate of drug-likeness (QED) is 0.593. The number of hydrogen-bond acceptors (Lipinski definition) is 0. The van der Waals surface area contributed by atoms with Crippen molar-refractivity contribution in [3.8, 4) is 0 Å². The molecule has 6 aliphatic carbocycles. The highest BCUT2D eigenvalue weighted by atomic mass is 14.6. The number of rotatable bonds is 2. The molecule has 22 heavy (non-hydrogen) atoms. The van der Waals surface area contributed by atoms with E-state index in [1.807, 2.05) is 0 Å². The van der Waals surface area contributed by atoms with E-state index in [4.69, 9.17) is 0 Å². The Morgan fingerprint density at radius 3 is 2.14 bits per heavy atom. The van der Waals surface area contributed by atoms with Crippen molar-refractivity contribution in [2.24, 2.45) is 40.9 Å². The molecule has 0 heteroatoms. The molecule has 2 unspecified atom stereocenters. The van der Waals surface area contributed by atoms with Crippen LogP contribution in [0.15, 0.2) is 34.9 Å². The summed E-state index contributed by atoms with van der Waals surface area (Å²) in [5.74, 6) is 5.63. The Hall–Kier alpha value is -0.780. The Morgan fingerprint density at radius 1 is 1.00 bits per heavy atom. The molecule has 0 saturated heterocycles. The van der Waals surface area contributed by atoms with E-state index in [0.717, 1.165) is 35.5 Å². The van der Waals surface area contributed by atoms with Crippen molar-refractivity contribution in [1.82, 2.24) is 0 Å². The molecular weight excluding hydrogens is 264 g/mol. The summed E-state index contributed by atoms with van der Waals surface area (Å²) in [6.45, 7) is 7.41. The van der Waals surface area contributed by atoms with Gasteiger partial charge in [0, 0.05) is 0 Å². The molecule has 0 aliphatic heterocycles. The molecule has 118 valence electrons. The third-order valence-corrected chi connectivity index (χ3v) is 7.92. The lowest BCUT2D eigenvalue weighted by Crippen LogP contribution is -2.51. The zero-order valence-electron chi connectivity index (χ0n) is 14.4. The predicted molar refractivity (Wildman–Crippen MR) is 92.3 cm³/mol. The van der Waals surface area contributed by atoms with Crippen molar-refractivity contribution in [2.75, 3.05) is 0 Å². The topological polar surface area (TPSA) is 0 Å². The number of hydrogen-bond donors (Lipinski definition) is 0. The summed E-state index contributed by atoms with van der Waals surface area (Å²) < 4.78 is 0. The molecule has 4 fully saturated rings. The van der Waals surface area contributed by atoms with E-state index < -0.39 is 0 Å². The van der Waals surface area contributed by atoms with Gasteiger partial charge in [-0.25, -0.2) is 0 Å². The second kappa shape index (κ2) is 4.40. The second-order valence-electron chi connectivity index (χ2n) is 9.61. The summed E-state index contributed by atoms with van der Waals surface area (Å²) in [7, 11) is 0. The second-order valence-corrected chi connectivity index (χ2v) is 9.61. The van der Waals surface area contributed by atoms with Crippen molar-refractivity contribution in [3.05, 3.63) is 34.9 Å². The standard InChI is InChI=1S/C22H30/c1-13(2)20-19-6-4-5-18(19)14(3)21(20)22-10-15-7-16(11-22)9-17(8-15)12-22/h4-6,13,15-17,20-21H,7-12H2,1-3H3. The van der Waals surface area contributed by atoms with E-state index >= 15 is 0 Å². The average Bonchev–Trinajstić information content (AvgIpc) is 2.99. The Labute approximate surface area is 135 Å². The van der Waals surface area contributed by atoms with Crippen molar-refractivity contribution in [2.45, 2.75) is 59.3 Å². The van der Waals surface area contributed by atoms with Crippen molar-refractivity contribution in [3.63, 3.8) is 0 Å². The molecule has 0 aromatic rings. The van der Waals surface area contributed by atoms with Gasteiger partial charge in [-0.1, -0.05) is 37.6 Å². The largest absolute Gasteiger partial charge is 0.0622 e. The van der Waals surface area contributed by atoms with E-state index in [9.17, 15) is 0 Å². The summed E-state index contributed by atoms with van der Waals surface area (Å²) in [5, 5.41) is 0. The van der Waals surface area contributed by atoms with Gasteiger partial charge in [-0.3, -0.25) is 0 Å². The zero-order valence-corrected chi connectivity index (χ0v) is 14.4. The van der Waals surface area contributed by atoms with Crippen LogP contribution < -0.4 is 0 Å². The van der Waals surface area contributed by atoms with E-state index in [2.05, 4.69) is 39.0 Å². The molecule has 2 atom stereocenters. The van der Waals surface area contributed by atoms with Crippen LogP contribution in [-0.2, 0) is 0 Å². The van der Waals surface area contributed by atoms with Crippen LogP contribution in [0.4, 0.5) is 0 Å². The maximum Gasteiger partial charge on any atom is -0.00618 e. The molecule has 0 spiro atoms. The first-order valence-electron chi connectivity index (χ1n) is 9.67. The van der Waals surface area contributed by atoms with Gasteiger partial charge >= 0.3 is 0 Å². The highest BCUT2D eigenvalue weighted by Crippen LogP contribution is 2.68. The van der Waals surface area contributed by atoms with Gasteiger partial charge in [0.1, 0.15) is 0 Å². The summed E-state index contributed by atoms with van der Waals surface area (Å²) in [6.07, 6.45) is 16.5. The van der Waals surface area contributed by atoms with Gasteiger partial charge in [0.25, 0.3) is 0 Å². The molecule has 0 heterocycles. The lowest BCUT2D eigenvalue weighted by molar-refractivity contribution is -0.0894. The molecule has 0 aromatic carbocycles. The Morgan fingerprint density at radius 2 is 1.59 bits per heavy atom. The van der Waals surface area contributed by atoms with Gasteiger partial charge in [0.15, 0.2) is 0 Å². The SMILES string of the molecule is CC1=C2C=CC=C2C(C(C)C)C1C12CC3CC(CC(C3)C1)C2. The van der Waals surface area contributed by atoms with Crippen molar-refractivity contribution >= 4 is 0 Å². The van der Waals surface area contributed by atoms with Crippen LogP contribution in [0.3, 0.4) is 0 Å². The van der Waals surface area contributed by atoms with Crippen LogP contribution in [0, 0.1) is 40.9 Å². The Bertz CT molecular complexity index is 562. The minimum Gasteiger partial charge on any atom is -0.0622 e. The van der Waals surface area contributed by atoms with Gasteiger partial charge in [-0.15, -0.1) is 0 Å². The molecule has 0 amide bonds. The first-order chi connectivity index (χ1) is 10.6. The summed E-state index contributed by atoms with van der Waals surface area (Å²) in [6, 6.07) is 0. The fraction of sp³-hybridized carbons (Fsp3) is 0.727. The molecule has 0 aromatic heterocycles. The summed E-state index contributed by atoms with van der Waals surface area (Å²) >= 11 is 0. The third kappa shape index (κ3) is 1.65. The van der Waals surface area contributed by atoms with Crippen LogP contribution in [0.25, 0.3) is 0 Å². The van der Waals surface area contributed by atoms with E-state index in [-0.39, 0.29) is 0 Å². The molecular formula is C22H30. The van der Waals surface area contributed by atoms with Gasteiger partial charge in [-0.2, -0.15) is 0 Å². The van der Waals surface area contributed by atoms with E-state index in [1.165, 1.54) is 0 Å². The smallest absolute Gasteiger partial charge is 0.00618 e.